The summed E-state index contributed by atoms with van der Waals surface area (Å²) >= 11 is 0. The Bertz CT molecular complexity index is 252. The predicted molar refractivity (Wildman–Crippen MR) is 77.6 cm³/mol. The molecule has 0 radical (unpaired) electrons. The fourth-order valence-electron chi connectivity index (χ4n) is 1.22. The molecule has 0 aliphatic heterocycles. The molecule has 0 aromatic heterocycles. The van der Waals surface area contributed by atoms with Crippen LogP contribution in [0, 0.1) is 11.8 Å². The maximum absolute atomic E-state index is 11.2. The summed E-state index contributed by atoms with van der Waals surface area (Å²) in [5.74, 6) is 0.670. The third-order valence-electron chi connectivity index (χ3n) is 2.24. The monoisotopic (exact) mass is 288 g/mol. The van der Waals surface area contributed by atoms with Crippen LogP contribution >= 0.6 is 0 Å². The van der Waals surface area contributed by atoms with Gasteiger partial charge >= 0.3 is 12.2 Å². The Balaban J connectivity index is 3.35. The summed E-state index contributed by atoms with van der Waals surface area (Å²) in [6.07, 6.45) is 0.786. The first-order valence-electron chi connectivity index (χ1n) is 7.23. The molecule has 0 aliphatic carbocycles. The van der Waals surface area contributed by atoms with Crippen LogP contribution in [0.1, 0.15) is 40.5 Å². The molecule has 0 heterocycles. The number of unbranched alkanes of at least 4 members (excludes halogenated alkanes) is 1. The van der Waals surface area contributed by atoms with Crippen LogP contribution in [-0.4, -0.2) is 38.5 Å². The van der Waals surface area contributed by atoms with E-state index in [9.17, 15) is 9.59 Å². The first-order chi connectivity index (χ1) is 9.41. The molecule has 0 saturated carbocycles. The first kappa shape index (κ1) is 18.5. The lowest BCUT2D eigenvalue weighted by atomic mass is 10.2. The lowest BCUT2D eigenvalue weighted by molar-refractivity contribution is 0.131. The van der Waals surface area contributed by atoms with Crippen molar-refractivity contribution in [1.82, 2.24) is 10.6 Å². The zero-order valence-corrected chi connectivity index (χ0v) is 13.0. The van der Waals surface area contributed by atoms with Crippen LogP contribution in [0.5, 0.6) is 0 Å². The van der Waals surface area contributed by atoms with Crippen molar-refractivity contribution < 1.29 is 19.1 Å². The van der Waals surface area contributed by atoms with Gasteiger partial charge in [-0.05, 0) is 24.7 Å². The highest BCUT2D eigenvalue weighted by Crippen LogP contribution is 1.94. The largest absolute Gasteiger partial charge is 0.449 e. The Hall–Kier alpha value is -1.46. The molecule has 0 atom stereocenters. The van der Waals surface area contributed by atoms with Crippen LogP contribution in [0.4, 0.5) is 9.59 Å². The van der Waals surface area contributed by atoms with Crippen molar-refractivity contribution in [2.24, 2.45) is 11.8 Å². The first-order valence-corrected chi connectivity index (χ1v) is 7.23. The number of alkyl carbamates (subject to hydrolysis) is 2. The standard InChI is InChI=1S/C14H28N2O4/c1-11(2)9-19-13(17)15-7-5-6-8-16-14(18)20-10-12(3)4/h11-12H,5-10H2,1-4H3,(H,15,17)(H,16,18). The highest BCUT2D eigenvalue weighted by atomic mass is 16.6. The van der Waals surface area contributed by atoms with Gasteiger partial charge in [0.05, 0.1) is 13.2 Å². The summed E-state index contributed by atoms with van der Waals surface area (Å²) in [5.41, 5.74) is 0. The summed E-state index contributed by atoms with van der Waals surface area (Å²) < 4.78 is 9.93. The van der Waals surface area contributed by atoms with Crippen LogP contribution in [0.15, 0.2) is 0 Å². The maximum Gasteiger partial charge on any atom is 0.407 e. The van der Waals surface area contributed by atoms with Crippen molar-refractivity contribution in [2.45, 2.75) is 40.5 Å². The number of amides is 2. The molecule has 118 valence electrons. The van der Waals surface area contributed by atoms with Gasteiger partial charge in [-0.3, -0.25) is 0 Å². The fourth-order valence-corrected chi connectivity index (χ4v) is 1.22. The molecule has 0 spiro atoms. The molecule has 0 aromatic carbocycles. The third kappa shape index (κ3) is 13.0. The molecular formula is C14H28N2O4. The molecule has 6 heteroatoms. The van der Waals surface area contributed by atoms with Crippen molar-refractivity contribution >= 4 is 12.2 Å². The molecule has 0 unspecified atom stereocenters. The highest BCUT2D eigenvalue weighted by molar-refractivity contribution is 5.67. The van der Waals surface area contributed by atoms with E-state index in [-0.39, 0.29) is 12.2 Å². The van der Waals surface area contributed by atoms with Gasteiger partial charge in [-0.15, -0.1) is 0 Å². The lowest BCUT2D eigenvalue weighted by Gasteiger charge is -2.09. The highest BCUT2D eigenvalue weighted by Gasteiger charge is 2.04. The molecule has 0 saturated heterocycles. The van der Waals surface area contributed by atoms with E-state index >= 15 is 0 Å². The summed E-state index contributed by atoms with van der Waals surface area (Å²) in [6.45, 7) is 9.87. The Kier molecular flexibility index (Phi) is 10.5. The van der Waals surface area contributed by atoms with Gasteiger partial charge in [-0.2, -0.15) is 0 Å². The summed E-state index contributed by atoms with van der Waals surface area (Å²) in [7, 11) is 0. The molecule has 2 N–H and O–H groups in total. The zero-order valence-electron chi connectivity index (χ0n) is 13.0. The van der Waals surface area contributed by atoms with Gasteiger partial charge in [0.2, 0.25) is 0 Å². The number of carbonyl (C=O) groups is 2. The summed E-state index contributed by atoms with van der Waals surface area (Å²) in [5, 5.41) is 5.32. The van der Waals surface area contributed by atoms with Crippen molar-refractivity contribution in [1.29, 1.82) is 0 Å². The number of carbonyl (C=O) groups excluding carboxylic acids is 2. The van der Waals surface area contributed by atoms with Crippen LogP contribution < -0.4 is 10.6 Å². The van der Waals surface area contributed by atoms with Gasteiger partial charge in [0.25, 0.3) is 0 Å². The van der Waals surface area contributed by atoms with Gasteiger partial charge in [-0.1, -0.05) is 27.7 Å². The average molecular weight is 288 g/mol. The van der Waals surface area contributed by atoms with Crippen LogP contribution in [0.3, 0.4) is 0 Å². The molecule has 6 nitrogen and oxygen atoms in total. The van der Waals surface area contributed by atoms with E-state index in [0.29, 0.717) is 38.1 Å². The van der Waals surface area contributed by atoms with Gasteiger partial charge in [0.15, 0.2) is 0 Å². The van der Waals surface area contributed by atoms with Gasteiger partial charge in [-0.25, -0.2) is 9.59 Å². The topological polar surface area (TPSA) is 76.7 Å². The fraction of sp³-hybridized carbons (Fsp3) is 0.857. The van der Waals surface area contributed by atoms with E-state index in [1.54, 1.807) is 0 Å². The number of rotatable bonds is 9. The molecule has 20 heavy (non-hydrogen) atoms. The van der Waals surface area contributed by atoms with Crippen LogP contribution in [0.2, 0.25) is 0 Å². The minimum Gasteiger partial charge on any atom is -0.449 e. The maximum atomic E-state index is 11.2. The Labute approximate surface area is 121 Å². The number of hydrogen-bond donors (Lipinski definition) is 2. The van der Waals surface area contributed by atoms with Crippen LogP contribution in [0.25, 0.3) is 0 Å². The lowest BCUT2D eigenvalue weighted by Crippen LogP contribution is -2.29. The van der Waals surface area contributed by atoms with Gasteiger partial charge in [0.1, 0.15) is 0 Å². The molecule has 0 aromatic rings. The SMILES string of the molecule is CC(C)COC(=O)NCCCCNC(=O)OCC(C)C. The second-order valence-electron chi connectivity index (χ2n) is 5.55. The van der Waals surface area contributed by atoms with E-state index in [2.05, 4.69) is 10.6 Å². The molecule has 0 bridgehead atoms. The van der Waals surface area contributed by atoms with Crippen molar-refractivity contribution in [3.63, 3.8) is 0 Å². The minimum absolute atomic E-state index is 0.335. The zero-order chi connectivity index (χ0) is 15.4. The Morgan fingerprint density at radius 2 is 1.15 bits per heavy atom. The minimum atomic E-state index is -0.386. The van der Waals surface area contributed by atoms with Crippen molar-refractivity contribution in [3.05, 3.63) is 0 Å². The quantitative estimate of drug-likeness (QED) is 0.639. The molecular weight excluding hydrogens is 260 g/mol. The molecule has 0 rings (SSSR count). The number of ether oxygens (including phenoxy) is 2. The second-order valence-corrected chi connectivity index (χ2v) is 5.55. The van der Waals surface area contributed by atoms with Gasteiger partial charge in [0, 0.05) is 13.1 Å². The van der Waals surface area contributed by atoms with E-state index in [1.165, 1.54) is 0 Å². The summed E-state index contributed by atoms with van der Waals surface area (Å²) in [6, 6.07) is 0. The Morgan fingerprint density at radius 1 is 0.800 bits per heavy atom. The average Bonchev–Trinajstić information content (AvgIpc) is 2.37. The van der Waals surface area contributed by atoms with E-state index in [4.69, 9.17) is 9.47 Å². The van der Waals surface area contributed by atoms with Crippen molar-refractivity contribution in [3.8, 4) is 0 Å². The van der Waals surface area contributed by atoms with Gasteiger partial charge < -0.3 is 20.1 Å². The molecule has 2 amide bonds. The molecule has 0 aliphatic rings. The molecule has 0 fully saturated rings. The Morgan fingerprint density at radius 3 is 1.45 bits per heavy atom. The number of nitrogens with one attached hydrogen (secondary N) is 2. The predicted octanol–water partition coefficient (Wildman–Crippen LogP) is 2.53. The number of hydrogen-bond acceptors (Lipinski definition) is 4. The normalized spacial score (nSPS) is 10.5. The van der Waals surface area contributed by atoms with E-state index in [0.717, 1.165) is 12.8 Å². The van der Waals surface area contributed by atoms with E-state index in [1.807, 2.05) is 27.7 Å². The second kappa shape index (κ2) is 11.4. The summed E-state index contributed by atoms with van der Waals surface area (Å²) in [4.78, 5) is 22.4. The third-order valence-corrected chi connectivity index (χ3v) is 2.24. The van der Waals surface area contributed by atoms with Crippen molar-refractivity contribution in [2.75, 3.05) is 26.3 Å². The van der Waals surface area contributed by atoms with E-state index < -0.39 is 0 Å². The van der Waals surface area contributed by atoms with Crippen LogP contribution in [-0.2, 0) is 9.47 Å². The smallest absolute Gasteiger partial charge is 0.407 e.